The Morgan fingerprint density at radius 3 is 1.82 bits per heavy atom. The van der Waals surface area contributed by atoms with E-state index in [1.165, 1.54) is 0 Å². The third-order valence-corrected chi connectivity index (χ3v) is 2.18. The second-order valence-corrected chi connectivity index (χ2v) is 2.55. The number of rotatable bonds is 3. The number of nitrogens with zero attached hydrogens (tertiary/aromatic N) is 1. The van der Waals surface area contributed by atoms with Crippen LogP contribution in [0.5, 0.6) is 0 Å². The zero-order chi connectivity index (χ0) is 8.20. The fourth-order valence-corrected chi connectivity index (χ4v) is 0.970. The maximum Gasteiger partial charge on any atom is 0.101 e. The van der Waals surface area contributed by atoms with Crippen LogP contribution in [0.1, 0.15) is 33.6 Å². The van der Waals surface area contributed by atoms with E-state index >= 15 is 0 Å². The molecule has 0 unspecified atom stereocenters. The molecule has 1 radical (unpaired) electrons. The summed E-state index contributed by atoms with van der Waals surface area (Å²) in [7, 11) is 1.71. The molecule has 0 heterocycles. The smallest absolute Gasteiger partial charge is 0.101 e. The van der Waals surface area contributed by atoms with E-state index in [9.17, 15) is 5.11 Å². The minimum Gasteiger partial charge on any atom is -0.384 e. The summed E-state index contributed by atoms with van der Waals surface area (Å²) in [5.74, 6) is 0. The van der Waals surface area contributed by atoms with Crippen molar-refractivity contribution in [3.63, 3.8) is 0 Å². The second-order valence-electron chi connectivity index (χ2n) is 2.55. The number of aliphatic imine (C=N–C) groups is 1. The molecule has 0 atom stereocenters. The van der Waals surface area contributed by atoms with Crippen molar-refractivity contribution in [3.8, 4) is 0 Å². The Kier molecular flexibility index (Phi) is 7.75. The van der Waals surface area contributed by atoms with Crippen molar-refractivity contribution in [3.05, 3.63) is 0 Å². The Morgan fingerprint density at radius 1 is 1.36 bits per heavy atom. The Morgan fingerprint density at radius 2 is 1.73 bits per heavy atom. The van der Waals surface area contributed by atoms with Crippen molar-refractivity contribution < 1.29 is 30.9 Å². The molecular formula is C8H17NOSc. The number of hydrogen-bond acceptors (Lipinski definition) is 2. The molecule has 3 heteroatoms. The molecule has 0 aliphatic rings. The molecule has 0 aliphatic heterocycles. The molecule has 0 amide bonds. The predicted molar refractivity (Wildman–Crippen MR) is 44.6 cm³/mol. The summed E-state index contributed by atoms with van der Waals surface area (Å²) < 4.78 is 0. The van der Waals surface area contributed by atoms with Gasteiger partial charge in [-0.15, -0.1) is 0 Å². The monoisotopic (exact) mass is 188 g/mol. The van der Waals surface area contributed by atoms with E-state index in [1.54, 1.807) is 7.05 Å². The maximum atomic E-state index is 9.77. The Hall–Kier alpha value is 0.500. The fraction of sp³-hybridized carbons (Fsp3) is 0.875. The summed E-state index contributed by atoms with van der Waals surface area (Å²) >= 11 is 0. The van der Waals surface area contributed by atoms with E-state index in [2.05, 4.69) is 4.99 Å². The topological polar surface area (TPSA) is 32.6 Å². The fourth-order valence-electron chi connectivity index (χ4n) is 0.970. The van der Waals surface area contributed by atoms with E-state index in [-0.39, 0.29) is 25.8 Å². The molecule has 0 spiro atoms. The van der Waals surface area contributed by atoms with Gasteiger partial charge in [0.25, 0.3) is 0 Å². The second kappa shape index (κ2) is 6.06. The summed E-state index contributed by atoms with van der Waals surface area (Å²) in [5.41, 5.74) is 0.173. The van der Waals surface area contributed by atoms with Crippen molar-refractivity contribution in [1.82, 2.24) is 0 Å². The molecule has 0 aromatic rings. The van der Waals surface area contributed by atoms with Crippen molar-refractivity contribution in [2.75, 3.05) is 7.05 Å². The van der Waals surface area contributed by atoms with Gasteiger partial charge in [-0.1, -0.05) is 13.8 Å². The Labute approximate surface area is 87.9 Å². The molecule has 0 fully saturated rings. The quantitative estimate of drug-likeness (QED) is 0.671. The summed E-state index contributed by atoms with van der Waals surface area (Å²) in [5, 5.41) is 9.77. The molecule has 63 valence electrons. The van der Waals surface area contributed by atoms with Gasteiger partial charge >= 0.3 is 0 Å². The van der Waals surface area contributed by atoms with Crippen molar-refractivity contribution >= 4 is 5.71 Å². The van der Waals surface area contributed by atoms with Crippen molar-refractivity contribution in [2.24, 2.45) is 4.99 Å². The molecule has 0 aromatic carbocycles. The van der Waals surface area contributed by atoms with Crippen LogP contribution in [-0.4, -0.2) is 23.5 Å². The van der Waals surface area contributed by atoms with Crippen LogP contribution < -0.4 is 0 Å². The summed E-state index contributed by atoms with van der Waals surface area (Å²) in [6, 6.07) is 0. The molecule has 1 N–H and O–H groups in total. The minimum absolute atomic E-state index is 0. The Balaban J connectivity index is 0. The van der Waals surface area contributed by atoms with Gasteiger partial charge in [-0.25, -0.2) is 0 Å². The molecule has 0 saturated carbocycles. The minimum atomic E-state index is -0.658. The van der Waals surface area contributed by atoms with E-state index in [4.69, 9.17) is 0 Å². The third kappa shape index (κ3) is 3.61. The van der Waals surface area contributed by atoms with Gasteiger partial charge in [0.05, 0.1) is 0 Å². The first-order chi connectivity index (χ1) is 4.60. The van der Waals surface area contributed by atoms with Crippen LogP contribution in [0.2, 0.25) is 0 Å². The van der Waals surface area contributed by atoms with Crippen LogP contribution in [-0.2, 0) is 25.8 Å². The standard InChI is InChI=1S/C8H17NO.Sc/c1-5-8(10,6-2)7(3)9-4;/h10H,5-6H2,1-4H3;. The van der Waals surface area contributed by atoms with Crippen molar-refractivity contribution in [2.45, 2.75) is 39.2 Å². The number of hydrogen-bond donors (Lipinski definition) is 1. The molecule has 0 aliphatic carbocycles. The molecule has 0 aromatic heterocycles. The summed E-state index contributed by atoms with van der Waals surface area (Å²) in [6.07, 6.45) is 1.49. The first-order valence-corrected chi connectivity index (χ1v) is 3.77. The third-order valence-electron chi connectivity index (χ3n) is 2.18. The molecule has 0 bridgehead atoms. The summed E-state index contributed by atoms with van der Waals surface area (Å²) in [6.45, 7) is 5.81. The van der Waals surface area contributed by atoms with Gasteiger partial charge in [0.1, 0.15) is 5.60 Å². The van der Waals surface area contributed by atoms with Crippen LogP contribution in [0.4, 0.5) is 0 Å². The predicted octanol–water partition coefficient (Wildman–Crippen LogP) is 1.63. The van der Waals surface area contributed by atoms with Crippen LogP contribution in [0.3, 0.4) is 0 Å². The van der Waals surface area contributed by atoms with Gasteiger partial charge < -0.3 is 5.11 Å². The van der Waals surface area contributed by atoms with Crippen LogP contribution in [0.15, 0.2) is 4.99 Å². The largest absolute Gasteiger partial charge is 0.384 e. The zero-order valence-corrected chi connectivity index (χ0v) is 9.69. The van der Waals surface area contributed by atoms with Gasteiger partial charge in [-0.2, -0.15) is 0 Å². The van der Waals surface area contributed by atoms with Crippen LogP contribution in [0, 0.1) is 0 Å². The van der Waals surface area contributed by atoms with Gasteiger partial charge in [0.2, 0.25) is 0 Å². The molecule has 0 rings (SSSR count). The van der Waals surface area contributed by atoms with E-state index < -0.39 is 5.60 Å². The van der Waals surface area contributed by atoms with Gasteiger partial charge in [-0.3, -0.25) is 4.99 Å². The molecule has 11 heavy (non-hydrogen) atoms. The first-order valence-electron chi connectivity index (χ1n) is 3.77. The zero-order valence-electron chi connectivity index (χ0n) is 7.89. The van der Waals surface area contributed by atoms with Crippen LogP contribution >= 0.6 is 0 Å². The maximum absolute atomic E-state index is 9.77. The van der Waals surface area contributed by atoms with Crippen LogP contribution in [0.25, 0.3) is 0 Å². The average molecular weight is 188 g/mol. The van der Waals surface area contributed by atoms with Gasteiger partial charge in [0.15, 0.2) is 0 Å². The van der Waals surface area contributed by atoms with E-state index in [0.717, 1.165) is 18.6 Å². The normalized spacial score (nSPS) is 12.6. The molecule has 0 saturated heterocycles. The number of aliphatic hydroxyl groups is 1. The van der Waals surface area contributed by atoms with Gasteiger partial charge in [0, 0.05) is 38.6 Å². The molecule has 2 nitrogen and oxygen atoms in total. The van der Waals surface area contributed by atoms with E-state index in [1.807, 2.05) is 20.8 Å². The average Bonchev–Trinajstić information content (AvgIpc) is 2.01. The SMILES string of the molecule is CCC(O)(CC)C(C)=NC.[Sc]. The summed E-state index contributed by atoms with van der Waals surface area (Å²) in [4.78, 5) is 3.97. The van der Waals surface area contributed by atoms with E-state index in [0.29, 0.717) is 0 Å². The van der Waals surface area contributed by atoms with Gasteiger partial charge in [-0.05, 0) is 19.8 Å². The Bertz CT molecular complexity index is 130. The first kappa shape index (κ1) is 14.0. The van der Waals surface area contributed by atoms with Crippen molar-refractivity contribution in [1.29, 1.82) is 0 Å². The molecular weight excluding hydrogens is 171 g/mol.